The van der Waals surface area contributed by atoms with Gasteiger partial charge in [-0.3, -0.25) is 4.79 Å². The number of rotatable bonds is 4. The van der Waals surface area contributed by atoms with E-state index in [9.17, 15) is 9.59 Å². The molecule has 0 atom stereocenters. The second kappa shape index (κ2) is 5.25. The van der Waals surface area contributed by atoms with Crippen molar-refractivity contribution in [3.05, 3.63) is 35.2 Å². The molecule has 0 saturated heterocycles. The third-order valence-corrected chi connectivity index (χ3v) is 4.65. The minimum atomic E-state index is -1.21. The van der Waals surface area contributed by atoms with E-state index in [0.717, 1.165) is 15.6 Å². The number of carbonyl (C=O) groups is 2. The van der Waals surface area contributed by atoms with Gasteiger partial charge in [0.15, 0.2) is 0 Å². The summed E-state index contributed by atoms with van der Waals surface area (Å²) in [6.45, 7) is 3.05. The summed E-state index contributed by atoms with van der Waals surface area (Å²) in [5.41, 5.74) is -0.258. The zero-order valence-electron chi connectivity index (χ0n) is 11.7. The Morgan fingerprint density at radius 2 is 1.95 bits per heavy atom. The molecule has 1 amide bonds. The standard InChI is InChI=1S/C15H17NO3S/c1-15(2,14(18)19)16(3)13(17)8-10-9-20-12-7-5-4-6-11(10)12/h4-7,9H,8H2,1-3H3,(H,18,19). The molecule has 2 rings (SSSR count). The van der Waals surface area contributed by atoms with Gasteiger partial charge in [0, 0.05) is 11.7 Å². The van der Waals surface area contributed by atoms with Crippen molar-refractivity contribution in [3.8, 4) is 0 Å². The van der Waals surface area contributed by atoms with Crippen LogP contribution in [0.3, 0.4) is 0 Å². The Bertz CT molecular complexity index is 660. The van der Waals surface area contributed by atoms with Gasteiger partial charge in [-0.25, -0.2) is 4.79 Å². The molecule has 0 bridgehead atoms. The lowest BCUT2D eigenvalue weighted by Crippen LogP contribution is -2.51. The number of hydrogen-bond donors (Lipinski definition) is 1. The monoisotopic (exact) mass is 291 g/mol. The van der Waals surface area contributed by atoms with Crippen LogP contribution in [-0.2, 0) is 16.0 Å². The number of carbonyl (C=O) groups excluding carboxylic acids is 1. The van der Waals surface area contributed by atoms with Crippen LogP contribution in [0.15, 0.2) is 29.6 Å². The second-order valence-corrected chi connectivity index (χ2v) is 6.16. The van der Waals surface area contributed by atoms with Crippen LogP contribution in [0.2, 0.25) is 0 Å². The van der Waals surface area contributed by atoms with Crippen molar-refractivity contribution in [2.75, 3.05) is 7.05 Å². The lowest BCUT2D eigenvalue weighted by molar-refractivity contribution is -0.155. The van der Waals surface area contributed by atoms with E-state index < -0.39 is 11.5 Å². The third-order valence-electron chi connectivity index (χ3n) is 3.64. The predicted molar refractivity (Wildman–Crippen MR) is 80.0 cm³/mol. The van der Waals surface area contributed by atoms with Gasteiger partial charge >= 0.3 is 5.97 Å². The van der Waals surface area contributed by atoms with E-state index in [2.05, 4.69) is 0 Å². The topological polar surface area (TPSA) is 57.6 Å². The minimum absolute atomic E-state index is 0.194. The predicted octanol–water partition coefficient (Wildman–Crippen LogP) is 2.77. The Labute approximate surface area is 121 Å². The summed E-state index contributed by atoms with van der Waals surface area (Å²) in [6, 6.07) is 7.90. The molecule has 0 spiro atoms. The highest BCUT2D eigenvalue weighted by atomic mass is 32.1. The zero-order chi connectivity index (χ0) is 14.9. The van der Waals surface area contributed by atoms with Crippen LogP contribution in [0.1, 0.15) is 19.4 Å². The zero-order valence-corrected chi connectivity index (χ0v) is 12.5. The van der Waals surface area contributed by atoms with Crippen LogP contribution < -0.4 is 0 Å². The molecule has 1 aromatic heterocycles. The van der Waals surface area contributed by atoms with E-state index in [1.54, 1.807) is 11.3 Å². The number of fused-ring (bicyclic) bond motifs is 1. The first-order chi connectivity index (χ1) is 9.34. The molecule has 0 aliphatic heterocycles. The van der Waals surface area contributed by atoms with E-state index >= 15 is 0 Å². The largest absolute Gasteiger partial charge is 0.480 e. The van der Waals surface area contributed by atoms with Gasteiger partial charge in [-0.1, -0.05) is 18.2 Å². The van der Waals surface area contributed by atoms with E-state index in [4.69, 9.17) is 5.11 Å². The van der Waals surface area contributed by atoms with Gasteiger partial charge in [-0.2, -0.15) is 0 Å². The fraction of sp³-hybridized carbons (Fsp3) is 0.333. The summed E-state index contributed by atoms with van der Waals surface area (Å²) in [5, 5.41) is 12.2. The maximum absolute atomic E-state index is 12.3. The number of carboxylic acid groups (broad SMARTS) is 1. The van der Waals surface area contributed by atoms with Crippen molar-refractivity contribution in [1.82, 2.24) is 4.90 Å². The first-order valence-electron chi connectivity index (χ1n) is 6.29. The van der Waals surface area contributed by atoms with E-state index in [0.29, 0.717) is 0 Å². The Balaban J connectivity index is 2.22. The highest BCUT2D eigenvalue weighted by Gasteiger charge is 2.35. The minimum Gasteiger partial charge on any atom is -0.480 e. The Hall–Kier alpha value is -1.88. The Morgan fingerprint density at radius 1 is 1.30 bits per heavy atom. The normalized spacial score (nSPS) is 11.6. The molecule has 2 aromatic rings. The number of nitrogens with zero attached hydrogens (tertiary/aromatic N) is 1. The third kappa shape index (κ3) is 2.54. The van der Waals surface area contributed by atoms with Crippen molar-refractivity contribution in [2.45, 2.75) is 25.8 Å². The molecule has 106 valence electrons. The van der Waals surface area contributed by atoms with Crippen LogP contribution in [0.25, 0.3) is 10.1 Å². The number of hydrogen-bond acceptors (Lipinski definition) is 3. The van der Waals surface area contributed by atoms with Gasteiger partial charge in [-0.05, 0) is 36.2 Å². The fourth-order valence-corrected chi connectivity index (χ4v) is 2.87. The molecule has 0 aliphatic rings. The molecule has 4 nitrogen and oxygen atoms in total. The van der Waals surface area contributed by atoms with Crippen molar-refractivity contribution in [2.24, 2.45) is 0 Å². The number of carboxylic acids is 1. The molecule has 1 heterocycles. The van der Waals surface area contributed by atoms with Crippen LogP contribution in [0.4, 0.5) is 0 Å². The van der Waals surface area contributed by atoms with Gasteiger partial charge in [0.2, 0.25) is 5.91 Å². The van der Waals surface area contributed by atoms with Crippen LogP contribution >= 0.6 is 11.3 Å². The van der Waals surface area contributed by atoms with Crippen molar-refractivity contribution < 1.29 is 14.7 Å². The van der Waals surface area contributed by atoms with Gasteiger partial charge in [0.25, 0.3) is 0 Å². The number of likely N-dealkylation sites (N-methyl/N-ethyl adjacent to an activating group) is 1. The highest BCUT2D eigenvalue weighted by Crippen LogP contribution is 2.26. The molecular weight excluding hydrogens is 274 g/mol. The smallest absolute Gasteiger partial charge is 0.329 e. The molecule has 0 fully saturated rings. The van der Waals surface area contributed by atoms with Crippen molar-refractivity contribution in [1.29, 1.82) is 0 Å². The summed E-state index contributed by atoms with van der Waals surface area (Å²) in [7, 11) is 1.53. The van der Waals surface area contributed by atoms with Crippen LogP contribution in [0, 0.1) is 0 Å². The van der Waals surface area contributed by atoms with E-state index in [1.165, 1.54) is 25.8 Å². The number of amides is 1. The molecule has 1 aromatic carbocycles. The first-order valence-corrected chi connectivity index (χ1v) is 7.17. The molecular formula is C15H17NO3S. The lowest BCUT2D eigenvalue weighted by atomic mass is 10.0. The molecule has 1 N–H and O–H groups in total. The molecule has 0 radical (unpaired) electrons. The number of aliphatic carboxylic acids is 1. The van der Waals surface area contributed by atoms with E-state index in [1.807, 2.05) is 29.6 Å². The van der Waals surface area contributed by atoms with Crippen LogP contribution in [0.5, 0.6) is 0 Å². The maximum Gasteiger partial charge on any atom is 0.329 e. The molecule has 0 saturated carbocycles. The first kappa shape index (κ1) is 14.5. The quantitative estimate of drug-likeness (QED) is 0.942. The molecule has 5 heteroatoms. The van der Waals surface area contributed by atoms with Crippen molar-refractivity contribution >= 4 is 33.3 Å². The summed E-state index contributed by atoms with van der Waals surface area (Å²) < 4.78 is 1.13. The SMILES string of the molecule is CN(C(=O)Cc1csc2ccccc12)C(C)(C)C(=O)O. The molecule has 0 unspecified atom stereocenters. The Kier molecular flexibility index (Phi) is 3.81. The Morgan fingerprint density at radius 3 is 2.60 bits per heavy atom. The van der Waals surface area contributed by atoms with Gasteiger partial charge in [0.1, 0.15) is 5.54 Å². The summed E-state index contributed by atoms with van der Waals surface area (Å²) in [5.74, 6) is -1.20. The summed E-state index contributed by atoms with van der Waals surface area (Å²) >= 11 is 1.59. The van der Waals surface area contributed by atoms with Gasteiger partial charge in [-0.15, -0.1) is 11.3 Å². The maximum atomic E-state index is 12.3. The molecule has 20 heavy (non-hydrogen) atoms. The average Bonchev–Trinajstić information content (AvgIpc) is 2.81. The lowest BCUT2D eigenvalue weighted by Gasteiger charge is -2.31. The highest BCUT2D eigenvalue weighted by molar-refractivity contribution is 7.17. The number of benzene rings is 1. The summed E-state index contributed by atoms with van der Waals surface area (Å²) in [6.07, 6.45) is 0.219. The fourth-order valence-electron chi connectivity index (χ4n) is 1.91. The van der Waals surface area contributed by atoms with Crippen LogP contribution in [-0.4, -0.2) is 34.5 Å². The van der Waals surface area contributed by atoms with Gasteiger partial charge < -0.3 is 10.0 Å². The summed E-state index contributed by atoms with van der Waals surface area (Å²) in [4.78, 5) is 24.8. The van der Waals surface area contributed by atoms with Crippen molar-refractivity contribution in [3.63, 3.8) is 0 Å². The second-order valence-electron chi connectivity index (χ2n) is 5.25. The van der Waals surface area contributed by atoms with E-state index in [-0.39, 0.29) is 12.3 Å². The average molecular weight is 291 g/mol. The molecule has 0 aliphatic carbocycles. The number of thiophene rings is 1. The van der Waals surface area contributed by atoms with Gasteiger partial charge in [0.05, 0.1) is 6.42 Å².